The van der Waals surface area contributed by atoms with Gasteiger partial charge >= 0.3 is 0 Å². The molecule has 0 fully saturated rings. The van der Waals surface area contributed by atoms with E-state index < -0.39 is 0 Å². The summed E-state index contributed by atoms with van der Waals surface area (Å²) in [5.41, 5.74) is 6.87. The molecule has 0 aliphatic heterocycles. The van der Waals surface area contributed by atoms with Gasteiger partial charge in [-0.3, -0.25) is 15.1 Å². The van der Waals surface area contributed by atoms with Crippen molar-refractivity contribution in [3.05, 3.63) is 67.1 Å². The van der Waals surface area contributed by atoms with Crippen molar-refractivity contribution in [3.63, 3.8) is 0 Å². The van der Waals surface area contributed by atoms with E-state index in [1.54, 1.807) is 24.9 Å². The van der Waals surface area contributed by atoms with Crippen molar-refractivity contribution < 1.29 is 4.74 Å². The molecule has 0 aliphatic rings. The highest BCUT2D eigenvalue weighted by atomic mass is 16.5. The highest BCUT2D eigenvalue weighted by molar-refractivity contribution is 5.95. The Morgan fingerprint density at radius 3 is 2.81 bits per heavy atom. The van der Waals surface area contributed by atoms with Crippen LogP contribution in [-0.2, 0) is 0 Å². The fourth-order valence-electron chi connectivity index (χ4n) is 4.13. The smallest absolute Gasteiger partial charge is 0.159 e. The van der Waals surface area contributed by atoms with Gasteiger partial charge in [-0.05, 0) is 45.3 Å². The number of para-hydroxylation sites is 1. The Kier molecular flexibility index (Phi) is 5.42. The third-order valence-corrected chi connectivity index (χ3v) is 5.97. The van der Waals surface area contributed by atoms with Gasteiger partial charge in [0.05, 0.1) is 46.8 Å². The van der Waals surface area contributed by atoms with E-state index >= 15 is 0 Å². The number of hydrogen-bond acceptors (Lipinski definition) is 7. The first kappa shape index (κ1) is 21.9. The molecule has 0 aliphatic carbocycles. The lowest BCUT2D eigenvalue weighted by molar-refractivity contribution is 0.261. The number of aromatic amines is 2. The molecule has 5 heterocycles. The summed E-state index contributed by atoms with van der Waals surface area (Å²) in [7, 11) is 4.03. The summed E-state index contributed by atoms with van der Waals surface area (Å²) in [5, 5.41) is 8.55. The largest absolute Gasteiger partial charge is 0.491 e. The van der Waals surface area contributed by atoms with Gasteiger partial charge in [-0.25, -0.2) is 9.97 Å². The van der Waals surface area contributed by atoms with Gasteiger partial charge in [-0.2, -0.15) is 5.10 Å². The fraction of sp³-hybridized carbons (Fsp3) is 0.192. The van der Waals surface area contributed by atoms with E-state index in [0.717, 1.165) is 56.8 Å². The van der Waals surface area contributed by atoms with Crippen LogP contribution in [-0.4, -0.2) is 71.8 Å². The van der Waals surface area contributed by atoms with E-state index in [9.17, 15) is 0 Å². The SMILES string of the molecule is Cc1cn(-c2cccc3[nH]c(-c4n[nH]c5cnc(-c6cncc(OCCN(C)C)c6)cc45)nc23)cn1. The van der Waals surface area contributed by atoms with E-state index in [-0.39, 0.29) is 0 Å². The predicted octanol–water partition coefficient (Wildman–Crippen LogP) is 4.00. The molecular weight excluding hydrogens is 454 g/mol. The number of fused-ring (bicyclic) bond motifs is 2. The third kappa shape index (κ3) is 4.07. The minimum absolute atomic E-state index is 0.586. The average molecular weight is 480 g/mol. The molecule has 2 N–H and O–H groups in total. The maximum Gasteiger partial charge on any atom is 0.159 e. The van der Waals surface area contributed by atoms with Crippen LogP contribution in [0.5, 0.6) is 5.75 Å². The summed E-state index contributed by atoms with van der Waals surface area (Å²) < 4.78 is 7.84. The Hall–Kier alpha value is -4.57. The lowest BCUT2D eigenvalue weighted by Gasteiger charge is -2.11. The molecule has 180 valence electrons. The minimum atomic E-state index is 0.586. The van der Waals surface area contributed by atoms with Gasteiger partial charge in [-0.15, -0.1) is 0 Å². The topological polar surface area (TPSA) is 113 Å². The van der Waals surface area contributed by atoms with E-state index in [2.05, 4.69) is 35.0 Å². The van der Waals surface area contributed by atoms with E-state index in [4.69, 9.17) is 9.72 Å². The van der Waals surface area contributed by atoms with Crippen LogP contribution in [0.25, 0.3) is 50.4 Å². The summed E-state index contributed by atoms with van der Waals surface area (Å²) in [6.07, 6.45) is 9.06. The summed E-state index contributed by atoms with van der Waals surface area (Å²) in [6.45, 7) is 3.38. The number of nitrogens with zero attached hydrogens (tertiary/aromatic N) is 7. The zero-order chi connectivity index (χ0) is 24.6. The van der Waals surface area contributed by atoms with Gasteiger partial charge in [0.15, 0.2) is 5.82 Å². The monoisotopic (exact) mass is 479 g/mol. The predicted molar refractivity (Wildman–Crippen MR) is 138 cm³/mol. The molecule has 0 bridgehead atoms. The molecule has 6 rings (SSSR count). The number of aryl methyl sites for hydroxylation is 1. The van der Waals surface area contributed by atoms with Crippen molar-refractivity contribution in [2.45, 2.75) is 6.92 Å². The standard InChI is InChI=1S/C26H25N9O/c1-16-14-35(15-29-16)23-6-4-5-20-25(23)31-26(30-20)24-19-10-21(28-13-22(19)32-33-24)17-9-18(12-27-11-17)36-8-7-34(2)3/h4-6,9-15H,7-8H2,1-3H3,(H,30,31)(H,32,33). The lowest BCUT2D eigenvalue weighted by atomic mass is 10.1. The molecule has 10 heteroatoms. The second-order valence-electron chi connectivity index (χ2n) is 8.93. The van der Waals surface area contributed by atoms with Gasteiger partial charge in [-0.1, -0.05) is 6.07 Å². The van der Waals surface area contributed by atoms with Crippen molar-refractivity contribution in [1.29, 1.82) is 0 Å². The Balaban J connectivity index is 1.37. The number of hydrogen-bond donors (Lipinski definition) is 2. The van der Waals surface area contributed by atoms with Crippen molar-refractivity contribution in [2.24, 2.45) is 0 Å². The summed E-state index contributed by atoms with van der Waals surface area (Å²) in [4.78, 5) is 23.7. The quantitative estimate of drug-likeness (QED) is 0.356. The Morgan fingerprint density at radius 1 is 1.06 bits per heavy atom. The van der Waals surface area contributed by atoms with Gasteiger partial charge < -0.3 is 19.2 Å². The van der Waals surface area contributed by atoms with E-state index in [1.165, 1.54) is 0 Å². The fourth-order valence-corrected chi connectivity index (χ4v) is 4.13. The molecule has 6 aromatic rings. The maximum atomic E-state index is 5.86. The zero-order valence-corrected chi connectivity index (χ0v) is 20.2. The molecule has 0 saturated heterocycles. The van der Waals surface area contributed by atoms with Crippen molar-refractivity contribution in [1.82, 2.24) is 44.6 Å². The van der Waals surface area contributed by atoms with E-state index in [1.807, 2.05) is 62.1 Å². The highest BCUT2D eigenvalue weighted by Gasteiger charge is 2.16. The number of imidazole rings is 2. The number of rotatable bonds is 7. The second-order valence-corrected chi connectivity index (χ2v) is 8.93. The van der Waals surface area contributed by atoms with Crippen LogP contribution in [0.2, 0.25) is 0 Å². The van der Waals surface area contributed by atoms with Crippen LogP contribution in [0, 0.1) is 6.92 Å². The first-order valence-electron chi connectivity index (χ1n) is 11.6. The first-order chi connectivity index (χ1) is 17.5. The summed E-state index contributed by atoms with van der Waals surface area (Å²) >= 11 is 0. The summed E-state index contributed by atoms with van der Waals surface area (Å²) in [5.74, 6) is 1.39. The molecule has 0 spiro atoms. The van der Waals surface area contributed by atoms with E-state index in [0.29, 0.717) is 18.2 Å². The molecule has 36 heavy (non-hydrogen) atoms. The number of likely N-dealkylation sites (N-methyl/N-ethyl adjacent to an activating group) is 1. The van der Waals surface area contributed by atoms with Gasteiger partial charge in [0.25, 0.3) is 0 Å². The molecular formula is C26H25N9O. The summed E-state index contributed by atoms with van der Waals surface area (Å²) in [6, 6.07) is 9.99. The number of benzene rings is 1. The van der Waals surface area contributed by atoms with Gasteiger partial charge in [0.2, 0.25) is 0 Å². The van der Waals surface area contributed by atoms with Gasteiger partial charge in [0.1, 0.15) is 23.6 Å². The van der Waals surface area contributed by atoms with Crippen LogP contribution in [0.1, 0.15) is 5.69 Å². The molecule has 1 aromatic carbocycles. The average Bonchev–Trinajstić information content (AvgIpc) is 3.61. The maximum absolute atomic E-state index is 5.86. The number of aromatic nitrogens is 8. The Labute approximate surface area is 207 Å². The number of nitrogens with one attached hydrogen (secondary N) is 2. The molecule has 0 unspecified atom stereocenters. The number of H-pyrrole nitrogens is 2. The number of ether oxygens (including phenoxy) is 1. The molecule has 0 radical (unpaired) electrons. The Morgan fingerprint density at radius 2 is 1.97 bits per heavy atom. The van der Waals surface area contributed by atoms with Crippen molar-refractivity contribution in [2.75, 3.05) is 27.2 Å². The lowest BCUT2D eigenvalue weighted by Crippen LogP contribution is -2.19. The van der Waals surface area contributed by atoms with Crippen LogP contribution < -0.4 is 4.74 Å². The van der Waals surface area contributed by atoms with Crippen molar-refractivity contribution in [3.8, 4) is 34.2 Å². The molecule has 0 atom stereocenters. The second kappa shape index (κ2) is 8.90. The van der Waals surface area contributed by atoms with Gasteiger partial charge in [0, 0.05) is 29.9 Å². The molecule has 0 amide bonds. The van der Waals surface area contributed by atoms with Crippen LogP contribution in [0.4, 0.5) is 0 Å². The van der Waals surface area contributed by atoms with Crippen LogP contribution >= 0.6 is 0 Å². The molecule has 5 aromatic heterocycles. The minimum Gasteiger partial charge on any atom is -0.491 e. The normalized spacial score (nSPS) is 11.7. The van der Waals surface area contributed by atoms with Crippen molar-refractivity contribution >= 4 is 21.9 Å². The van der Waals surface area contributed by atoms with Crippen LogP contribution in [0.3, 0.4) is 0 Å². The number of pyridine rings is 2. The molecule has 10 nitrogen and oxygen atoms in total. The third-order valence-electron chi connectivity index (χ3n) is 5.97. The zero-order valence-electron chi connectivity index (χ0n) is 20.2. The van der Waals surface area contributed by atoms with Crippen LogP contribution in [0.15, 0.2) is 61.4 Å². The molecule has 0 saturated carbocycles. The first-order valence-corrected chi connectivity index (χ1v) is 11.6. The Bertz CT molecular complexity index is 1680. The highest BCUT2D eigenvalue weighted by Crippen LogP contribution is 2.31.